The number of nitrogens with zero attached hydrogens (tertiary/aromatic N) is 4. The molecule has 0 atom stereocenters. The lowest BCUT2D eigenvalue weighted by atomic mass is 10.0. The van der Waals surface area contributed by atoms with E-state index in [1.165, 1.54) is 18.9 Å². The van der Waals surface area contributed by atoms with E-state index in [0.717, 1.165) is 75.8 Å². The first-order valence-electron chi connectivity index (χ1n) is 13.4. The van der Waals surface area contributed by atoms with Crippen molar-refractivity contribution in [1.29, 1.82) is 0 Å². The Morgan fingerprint density at radius 2 is 1.82 bits per heavy atom. The van der Waals surface area contributed by atoms with Gasteiger partial charge in [0.15, 0.2) is 0 Å². The largest absolute Gasteiger partial charge is 0.508 e. The molecule has 2 aromatic carbocycles. The van der Waals surface area contributed by atoms with Crippen molar-refractivity contribution in [2.45, 2.75) is 12.8 Å². The minimum absolute atomic E-state index is 0.128. The number of phenols is 1. The molecule has 0 saturated carbocycles. The summed E-state index contributed by atoms with van der Waals surface area (Å²) in [5.74, 6) is 0.121. The number of H-pyrrole nitrogens is 2. The molecule has 4 aromatic heterocycles. The minimum atomic E-state index is -0.503. The fourth-order valence-electron chi connectivity index (χ4n) is 5.49. The molecule has 0 radical (unpaired) electrons. The second-order valence-corrected chi connectivity index (χ2v) is 10.1. The Bertz CT molecular complexity index is 1820. The van der Waals surface area contributed by atoms with Gasteiger partial charge in [0, 0.05) is 41.3 Å². The number of ether oxygens (including phenoxy) is 1. The molecule has 3 N–H and O–H groups in total. The van der Waals surface area contributed by atoms with E-state index in [4.69, 9.17) is 4.74 Å². The number of aromatic nitrogens is 5. The van der Waals surface area contributed by atoms with Crippen molar-refractivity contribution in [1.82, 2.24) is 30.0 Å². The number of halogens is 1. The number of benzene rings is 2. The molecule has 0 spiro atoms. The fraction of sp³-hybridized carbons (Fsp3) is 0.194. The lowest BCUT2D eigenvalue weighted by Crippen LogP contribution is -2.25. The quantitative estimate of drug-likeness (QED) is 0.227. The van der Waals surface area contributed by atoms with Crippen molar-refractivity contribution in [2.75, 3.05) is 26.2 Å². The van der Waals surface area contributed by atoms with Crippen LogP contribution < -0.4 is 4.74 Å². The smallest absolute Gasteiger partial charge is 0.138 e. The molecule has 1 aliphatic heterocycles. The van der Waals surface area contributed by atoms with Gasteiger partial charge >= 0.3 is 0 Å². The van der Waals surface area contributed by atoms with Crippen molar-refractivity contribution in [3.8, 4) is 45.1 Å². The van der Waals surface area contributed by atoms with Crippen LogP contribution in [0.4, 0.5) is 4.39 Å². The highest BCUT2D eigenvalue weighted by atomic mass is 19.1. The second kappa shape index (κ2) is 10.1. The molecule has 40 heavy (non-hydrogen) atoms. The number of aromatic amines is 2. The Morgan fingerprint density at radius 1 is 0.925 bits per heavy atom. The number of rotatable bonds is 7. The Hall–Kier alpha value is -4.76. The molecular weight excluding hydrogens is 507 g/mol. The van der Waals surface area contributed by atoms with Gasteiger partial charge in [-0.1, -0.05) is 6.07 Å². The molecule has 8 nitrogen and oxygen atoms in total. The average molecular weight is 535 g/mol. The normalized spacial score (nSPS) is 13.9. The zero-order chi connectivity index (χ0) is 27.1. The molecule has 6 aromatic rings. The van der Waals surface area contributed by atoms with E-state index in [-0.39, 0.29) is 5.75 Å². The van der Waals surface area contributed by atoms with Gasteiger partial charge in [-0.3, -0.25) is 15.0 Å². The van der Waals surface area contributed by atoms with Gasteiger partial charge in [0.2, 0.25) is 0 Å². The summed E-state index contributed by atoms with van der Waals surface area (Å²) < 4.78 is 20.1. The number of pyridine rings is 2. The van der Waals surface area contributed by atoms with Crippen molar-refractivity contribution in [3.05, 3.63) is 79.0 Å². The number of nitrogens with one attached hydrogen (secondary N) is 2. The third-order valence-corrected chi connectivity index (χ3v) is 7.46. The fourth-order valence-corrected chi connectivity index (χ4v) is 5.49. The van der Waals surface area contributed by atoms with Gasteiger partial charge in [-0.25, -0.2) is 9.37 Å². The van der Waals surface area contributed by atoms with Crippen molar-refractivity contribution in [3.63, 3.8) is 0 Å². The first kappa shape index (κ1) is 24.3. The summed E-state index contributed by atoms with van der Waals surface area (Å²) in [5.41, 5.74) is 6.34. The monoisotopic (exact) mass is 534 g/mol. The van der Waals surface area contributed by atoms with E-state index in [1.54, 1.807) is 18.5 Å². The summed E-state index contributed by atoms with van der Waals surface area (Å²) in [6, 6.07) is 15.9. The summed E-state index contributed by atoms with van der Waals surface area (Å²) in [7, 11) is 0. The predicted molar refractivity (Wildman–Crippen MR) is 153 cm³/mol. The average Bonchev–Trinajstić information content (AvgIpc) is 3.71. The van der Waals surface area contributed by atoms with Gasteiger partial charge in [0.1, 0.15) is 35.3 Å². The van der Waals surface area contributed by atoms with Crippen molar-refractivity contribution < 1.29 is 14.2 Å². The highest BCUT2D eigenvalue weighted by molar-refractivity contribution is 6.00. The molecule has 200 valence electrons. The molecule has 9 heteroatoms. The summed E-state index contributed by atoms with van der Waals surface area (Å²) in [6.07, 6.45) is 7.78. The number of likely N-dealkylation sites (tertiary alicyclic amines) is 1. The topological polar surface area (TPSA) is 103 Å². The van der Waals surface area contributed by atoms with Crippen LogP contribution in [0.3, 0.4) is 0 Å². The maximum atomic E-state index is 14.0. The summed E-state index contributed by atoms with van der Waals surface area (Å²) >= 11 is 0. The van der Waals surface area contributed by atoms with Crippen LogP contribution in [-0.2, 0) is 0 Å². The van der Waals surface area contributed by atoms with Gasteiger partial charge in [0.05, 0.1) is 17.4 Å². The summed E-state index contributed by atoms with van der Waals surface area (Å²) in [5, 5.41) is 19.4. The van der Waals surface area contributed by atoms with Crippen LogP contribution in [-0.4, -0.2) is 61.4 Å². The van der Waals surface area contributed by atoms with E-state index in [9.17, 15) is 9.50 Å². The molecule has 0 unspecified atom stereocenters. The maximum Gasteiger partial charge on any atom is 0.138 e. The van der Waals surface area contributed by atoms with Gasteiger partial charge < -0.3 is 14.8 Å². The number of phenolic OH excluding ortho intramolecular Hbond substituents is 1. The van der Waals surface area contributed by atoms with E-state index >= 15 is 0 Å². The van der Waals surface area contributed by atoms with E-state index < -0.39 is 5.82 Å². The Kier molecular flexibility index (Phi) is 6.13. The van der Waals surface area contributed by atoms with Crippen LogP contribution in [0.5, 0.6) is 11.5 Å². The van der Waals surface area contributed by atoms with Crippen molar-refractivity contribution in [2.24, 2.45) is 0 Å². The Morgan fingerprint density at radius 3 is 2.70 bits per heavy atom. The van der Waals surface area contributed by atoms with Crippen LogP contribution in [0.25, 0.3) is 55.6 Å². The molecular formula is C31H27FN6O2. The van der Waals surface area contributed by atoms with E-state index in [0.29, 0.717) is 17.8 Å². The molecule has 1 saturated heterocycles. The maximum absolute atomic E-state index is 14.0. The summed E-state index contributed by atoms with van der Waals surface area (Å²) in [6.45, 7) is 3.87. The highest BCUT2D eigenvalue weighted by Crippen LogP contribution is 2.36. The standard InChI is InChI=1S/C31H27FN6O2/c32-22-11-20(12-23(39)15-22)25-5-6-34-31-26(25)16-29(35-31)30-27-14-19(3-4-28(27)36-37-30)21-13-24(18-33-17-21)40-10-9-38-7-1-2-8-38/h3-6,11-18,39H,1-2,7-10H2,(H,34,35)(H,36,37). The van der Waals surface area contributed by atoms with Crippen LogP contribution in [0.15, 0.2) is 73.2 Å². The van der Waals surface area contributed by atoms with Gasteiger partial charge in [-0.15, -0.1) is 0 Å². The van der Waals surface area contributed by atoms with Gasteiger partial charge in [0.25, 0.3) is 0 Å². The van der Waals surface area contributed by atoms with Crippen LogP contribution in [0.1, 0.15) is 12.8 Å². The Balaban J connectivity index is 1.21. The first-order chi connectivity index (χ1) is 19.6. The van der Waals surface area contributed by atoms with Crippen LogP contribution in [0.2, 0.25) is 0 Å². The van der Waals surface area contributed by atoms with E-state index in [2.05, 4.69) is 36.1 Å². The molecule has 7 rings (SSSR count). The molecule has 5 heterocycles. The first-order valence-corrected chi connectivity index (χ1v) is 13.4. The third-order valence-electron chi connectivity index (χ3n) is 7.46. The summed E-state index contributed by atoms with van der Waals surface area (Å²) in [4.78, 5) is 14.7. The van der Waals surface area contributed by atoms with E-state index in [1.807, 2.05) is 36.5 Å². The molecule has 1 aliphatic rings. The molecule has 1 fully saturated rings. The van der Waals surface area contributed by atoms with Crippen LogP contribution in [0, 0.1) is 5.82 Å². The van der Waals surface area contributed by atoms with Crippen LogP contribution >= 0.6 is 0 Å². The molecule has 0 amide bonds. The predicted octanol–water partition coefficient (Wildman–Crippen LogP) is 6.15. The lowest BCUT2D eigenvalue weighted by Gasteiger charge is -2.15. The number of fused-ring (bicyclic) bond motifs is 2. The Labute approximate surface area is 229 Å². The van der Waals surface area contributed by atoms with Gasteiger partial charge in [-0.05, 0) is 85.1 Å². The zero-order valence-corrected chi connectivity index (χ0v) is 21.7. The number of aromatic hydroxyl groups is 1. The van der Waals surface area contributed by atoms with Crippen molar-refractivity contribution >= 4 is 21.9 Å². The molecule has 0 bridgehead atoms. The lowest BCUT2D eigenvalue weighted by molar-refractivity contribution is 0.237. The number of hydrogen-bond acceptors (Lipinski definition) is 6. The second-order valence-electron chi connectivity index (χ2n) is 10.1. The van der Waals surface area contributed by atoms with Gasteiger partial charge in [-0.2, -0.15) is 5.10 Å². The number of hydrogen-bond donors (Lipinski definition) is 3. The highest BCUT2D eigenvalue weighted by Gasteiger charge is 2.16. The SMILES string of the molecule is Oc1cc(F)cc(-c2ccnc3[nH]c(-c4n[nH]c5ccc(-c6cncc(OCCN7CCCC7)c6)cc45)cc23)c1. The minimum Gasteiger partial charge on any atom is -0.508 e. The third kappa shape index (κ3) is 4.65. The zero-order valence-electron chi connectivity index (χ0n) is 21.7. The molecule has 0 aliphatic carbocycles.